The number of nitrogens with one attached hydrogen (secondary N) is 1. The Bertz CT molecular complexity index is 349. The molecular formula is C11H25ClN2O4S. The first-order valence-corrected chi connectivity index (χ1v) is 8.12. The Morgan fingerprint density at radius 3 is 2.42 bits per heavy atom. The van der Waals surface area contributed by atoms with Gasteiger partial charge in [0.15, 0.2) is 0 Å². The molecule has 1 amide bonds. The molecule has 0 aromatic carbocycles. The molecular weight excluding hydrogens is 292 g/mol. The van der Waals surface area contributed by atoms with Crippen LogP contribution in [0, 0.1) is 5.92 Å². The van der Waals surface area contributed by atoms with E-state index in [1.165, 1.54) is 0 Å². The van der Waals surface area contributed by atoms with Gasteiger partial charge in [0.1, 0.15) is 9.84 Å². The molecule has 0 spiro atoms. The topological polar surface area (TPSA) is 98.5 Å². The summed E-state index contributed by atoms with van der Waals surface area (Å²) in [4.78, 5) is 11.5. The summed E-state index contributed by atoms with van der Waals surface area (Å²) < 4.78 is 26.7. The van der Waals surface area contributed by atoms with Crippen molar-refractivity contribution in [2.75, 3.05) is 31.8 Å². The minimum atomic E-state index is -2.99. The fraction of sp³-hybridized carbons (Fsp3) is 0.909. The van der Waals surface area contributed by atoms with Crippen molar-refractivity contribution in [3.63, 3.8) is 0 Å². The van der Waals surface area contributed by atoms with Gasteiger partial charge in [-0.05, 0) is 5.92 Å². The number of halogens is 1. The van der Waals surface area contributed by atoms with Gasteiger partial charge in [0.25, 0.3) is 0 Å². The van der Waals surface area contributed by atoms with E-state index in [4.69, 9.17) is 10.5 Å². The van der Waals surface area contributed by atoms with Gasteiger partial charge in [-0.3, -0.25) is 4.79 Å². The first-order chi connectivity index (χ1) is 8.28. The van der Waals surface area contributed by atoms with Crippen molar-refractivity contribution in [1.29, 1.82) is 0 Å². The van der Waals surface area contributed by atoms with Gasteiger partial charge in [0, 0.05) is 12.8 Å². The molecule has 2 unspecified atom stereocenters. The second-order valence-electron chi connectivity index (χ2n) is 4.44. The number of amides is 1. The lowest BCUT2D eigenvalue weighted by Gasteiger charge is -2.17. The summed E-state index contributed by atoms with van der Waals surface area (Å²) in [6.07, 6.45) is 2.00. The number of nitrogens with two attached hydrogens (primary N) is 1. The summed E-state index contributed by atoms with van der Waals surface area (Å²) in [5.41, 5.74) is 5.74. The van der Waals surface area contributed by atoms with Crippen LogP contribution < -0.4 is 11.1 Å². The molecule has 0 rings (SSSR count). The van der Waals surface area contributed by atoms with E-state index in [1.807, 2.05) is 13.8 Å². The number of hydrogen-bond acceptors (Lipinski definition) is 5. The normalized spacial score (nSPS) is 14.3. The molecule has 19 heavy (non-hydrogen) atoms. The summed E-state index contributed by atoms with van der Waals surface area (Å²) in [5.74, 6) is -0.0694. The van der Waals surface area contributed by atoms with E-state index in [1.54, 1.807) is 0 Å². The van der Waals surface area contributed by atoms with Crippen molar-refractivity contribution in [1.82, 2.24) is 5.32 Å². The molecule has 0 aliphatic heterocycles. The summed E-state index contributed by atoms with van der Waals surface area (Å²) in [6.45, 7) is 4.67. The molecule has 116 valence electrons. The molecule has 8 heteroatoms. The molecule has 0 heterocycles. The minimum Gasteiger partial charge on any atom is -0.379 e. The molecule has 6 nitrogen and oxygen atoms in total. The van der Waals surface area contributed by atoms with Crippen LogP contribution in [-0.2, 0) is 19.4 Å². The molecule has 0 saturated carbocycles. The van der Waals surface area contributed by atoms with Crippen LogP contribution in [0.25, 0.3) is 0 Å². The zero-order valence-corrected chi connectivity index (χ0v) is 13.4. The van der Waals surface area contributed by atoms with Gasteiger partial charge in [-0.2, -0.15) is 0 Å². The van der Waals surface area contributed by atoms with Gasteiger partial charge in [-0.1, -0.05) is 20.3 Å². The lowest BCUT2D eigenvalue weighted by Crippen LogP contribution is -2.45. The molecule has 0 saturated heterocycles. The van der Waals surface area contributed by atoms with Crippen LogP contribution in [-0.4, -0.2) is 52.1 Å². The smallest absolute Gasteiger partial charge is 0.237 e. The van der Waals surface area contributed by atoms with Crippen LogP contribution in [0.2, 0.25) is 0 Å². The van der Waals surface area contributed by atoms with E-state index in [0.717, 1.165) is 12.7 Å². The van der Waals surface area contributed by atoms with Crippen LogP contribution in [0.3, 0.4) is 0 Å². The van der Waals surface area contributed by atoms with Gasteiger partial charge in [-0.15, -0.1) is 12.4 Å². The molecule has 0 aliphatic carbocycles. The number of hydrogen-bond donors (Lipinski definition) is 2. The van der Waals surface area contributed by atoms with E-state index >= 15 is 0 Å². The SMILES string of the molecule is CCC(C)C(N)C(=O)NCCOCCS(C)(=O)=O.Cl. The fourth-order valence-corrected chi connectivity index (χ4v) is 1.61. The van der Waals surface area contributed by atoms with Gasteiger partial charge < -0.3 is 15.8 Å². The number of ether oxygens (including phenoxy) is 1. The second kappa shape index (κ2) is 10.4. The van der Waals surface area contributed by atoms with Crippen LogP contribution in [0.4, 0.5) is 0 Å². The third kappa shape index (κ3) is 11.2. The van der Waals surface area contributed by atoms with E-state index in [0.29, 0.717) is 6.54 Å². The van der Waals surface area contributed by atoms with Crippen molar-refractivity contribution in [2.45, 2.75) is 26.3 Å². The molecule has 0 fully saturated rings. The summed E-state index contributed by atoms with van der Waals surface area (Å²) in [7, 11) is -2.99. The maximum absolute atomic E-state index is 11.5. The number of carbonyl (C=O) groups excluding carboxylic acids is 1. The van der Waals surface area contributed by atoms with E-state index in [-0.39, 0.29) is 43.2 Å². The minimum absolute atomic E-state index is 0. The molecule has 0 aliphatic rings. The first kappa shape index (κ1) is 20.9. The lowest BCUT2D eigenvalue weighted by atomic mass is 9.99. The Balaban J connectivity index is 0. The lowest BCUT2D eigenvalue weighted by molar-refractivity contribution is -0.123. The molecule has 0 radical (unpaired) electrons. The van der Waals surface area contributed by atoms with Crippen LogP contribution >= 0.6 is 12.4 Å². The molecule has 0 aromatic rings. The second-order valence-corrected chi connectivity index (χ2v) is 6.70. The Labute approximate surface area is 121 Å². The maximum atomic E-state index is 11.5. The van der Waals surface area contributed by atoms with Crippen LogP contribution in [0.15, 0.2) is 0 Å². The maximum Gasteiger partial charge on any atom is 0.237 e. The number of rotatable bonds is 9. The number of sulfone groups is 1. The molecule has 0 aromatic heterocycles. The Kier molecular flexibility index (Phi) is 11.5. The van der Waals surface area contributed by atoms with Crippen molar-refractivity contribution in [3.8, 4) is 0 Å². The summed E-state index contributed by atoms with van der Waals surface area (Å²) in [6, 6.07) is -0.508. The fourth-order valence-electron chi connectivity index (χ4n) is 1.19. The largest absolute Gasteiger partial charge is 0.379 e. The average Bonchev–Trinajstić information content (AvgIpc) is 2.29. The van der Waals surface area contributed by atoms with Gasteiger partial charge >= 0.3 is 0 Å². The first-order valence-electron chi connectivity index (χ1n) is 6.06. The Morgan fingerprint density at radius 2 is 1.95 bits per heavy atom. The zero-order valence-electron chi connectivity index (χ0n) is 11.7. The van der Waals surface area contributed by atoms with Crippen LogP contribution in [0.5, 0.6) is 0 Å². The van der Waals surface area contributed by atoms with Crippen molar-refractivity contribution in [2.24, 2.45) is 11.7 Å². The molecule has 2 atom stereocenters. The molecule has 3 N–H and O–H groups in total. The van der Waals surface area contributed by atoms with E-state index in [9.17, 15) is 13.2 Å². The standard InChI is InChI=1S/C11H24N2O4S.ClH/c1-4-9(2)10(12)11(14)13-5-6-17-7-8-18(3,15)16;/h9-10H,4-8,12H2,1-3H3,(H,13,14);1H. The highest BCUT2D eigenvalue weighted by Gasteiger charge is 2.18. The van der Waals surface area contributed by atoms with Gasteiger partial charge in [0.05, 0.1) is 25.0 Å². The third-order valence-corrected chi connectivity index (χ3v) is 3.61. The Morgan fingerprint density at radius 1 is 1.37 bits per heavy atom. The van der Waals surface area contributed by atoms with Crippen molar-refractivity contribution >= 4 is 28.2 Å². The summed E-state index contributed by atoms with van der Waals surface area (Å²) in [5, 5.41) is 2.66. The highest BCUT2D eigenvalue weighted by molar-refractivity contribution is 7.90. The third-order valence-electron chi connectivity index (χ3n) is 2.70. The van der Waals surface area contributed by atoms with E-state index in [2.05, 4.69) is 5.32 Å². The number of carbonyl (C=O) groups is 1. The van der Waals surface area contributed by atoms with Crippen molar-refractivity contribution < 1.29 is 17.9 Å². The van der Waals surface area contributed by atoms with Crippen molar-refractivity contribution in [3.05, 3.63) is 0 Å². The Hall–Kier alpha value is -0.370. The quantitative estimate of drug-likeness (QED) is 0.582. The van der Waals surface area contributed by atoms with Gasteiger partial charge in [0.2, 0.25) is 5.91 Å². The zero-order chi connectivity index (χ0) is 14.2. The van der Waals surface area contributed by atoms with E-state index < -0.39 is 15.9 Å². The predicted octanol–water partition coefficient (Wildman–Crippen LogP) is -0.0410. The summed E-state index contributed by atoms with van der Waals surface area (Å²) >= 11 is 0. The highest BCUT2D eigenvalue weighted by atomic mass is 35.5. The van der Waals surface area contributed by atoms with Crippen LogP contribution in [0.1, 0.15) is 20.3 Å². The average molecular weight is 317 g/mol. The highest BCUT2D eigenvalue weighted by Crippen LogP contribution is 2.04. The monoisotopic (exact) mass is 316 g/mol. The van der Waals surface area contributed by atoms with Gasteiger partial charge in [-0.25, -0.2) is 8.42 Å². The predicted molar refractivity (Wildman–Crippen MR) is 78.2 cm³/mol. The molecule has 0 bridgehead atoms.